The second-order valence-corrected chi connectivity index (χ2v) is 9.76. The normalized spacial score (nSPS) is 23.7. The lowest BCUT2D eigenvalue weighted by molar-refractivity contribution is -0.149. The third-order valence-corrected chi connectivity index (χ3v) is 7.65. The first kappa shape index (κ1) is 22.4. The number of carboxylic acids is 1. The molecule has 3 aliphatic rings. The maximum Gasteiger partial charge on any atom is 0.407 e. The van der Waals surface area contributed by atoms with E-state index in [0.29, 0.717) is 6.54 Å². The van der Waals surface area contributed by atoms with Gasteiger partial charge in [0.25, 0.3) is 0 Å². The summed E-state index contributed by atoms with van der Waals surface area (Å²) in [5.41, 5.74) is 4.60. The van der Waals surface area contributed by atoms with Crippen molar-refractivity contribution >= 4 is 18.0 Å². The molecule has 34 heavy (non-hydrogen) atoms. The van der Waals surface area contributed by atoms with Crippen LogP contribution in [0.4, 0.5) is 4.79 Å². The molecule has 7 heteroatoms. The van der Waals surface area contributed by atoms with Crippen LogP contribution >= 0.6 is 0 Å². The number of alkyl carbamates (subject to hydrolysis) is 1. The van der Waals surface area contributed by atoms with Crippen molar-refractivity contribution in [1.29, 1.82) is 0 Å². The minimum atomic E-state index is -0.931. The zero-order valence-electron chi connectivity index (χ0n) is 19.3. The molecule has 4 atom stereocenters. The molecule has 1 saturated carbocycles. The Kier molecular flexibility index (Phi) is 6.02. The minimum Gasteiger partial charge on any atom is -0.480 e. The number of carbonyl (C=O) groups excluding carboxylic acids is 2. The summed E-state index contributed by atoms with van der Waals surface area (Å²) in [5, 5.41) is 12.4. The molecular formula is C27H30N2O5. The number of nitrogens with one attached hydrogen (secondary N) is 1. The predicted molar refractivity (Wildman–Crippen MR) is 126 cm³/mol. The van der Waals surface area contributed by atoms with Gasteiger partial charge in [-0.3, -0.25) is 4.79 Å². The standard InChI is InChI=1S/C27H30N2O5/c1-16(13-24(30)29-14-17-7-6-12-18(17)25(29)26(31)32)28-27(33)34-15-23-21-10-4-2-8-19(21)20-9-3-5-11-22(20)23/h2-5,8-11,16-18,23,25H,6-7,12-15H2,1H3,(H,28,33)(H,31,32). The number of carboxylic acid groups (broad SMARTS) is 1. The van der Waals surface area contributed by atoms with Gasteiger partial charge in [-0.05, 0) is 53.9 Å². The van der Waals surface area contributed by atoms with Gasteiger partial charge in [0.1, 0.15) is 12.6 Å². The van der Waals surface area contributed by atoms with E-state index in [4.69, 9.17) is 4.74 Å². The smallest absolute Gasteiger partial charge is 0.407 e. The summed E-state index contributed by atoms with van der Waals surface area (Å²) >= 11 is 0. The van der Waals surface area contributed by atoms with E-state index in [2.05, 4.69) is 29.6 Å². The van der Waals surface area contributed by atoms with E-state index in [-0.39, 0.29) is 36.7 Å². The number of benzene rings is 2. The molecule has 2 N–H and O–H groups in total. The number of nitrogens with zero attached hydrogens (tertiary/aromatic N) is 1. The van der Waals surface area contributed by atoms with Crippen molar-refractivity contribution in [2.45, 2.75) is 50.6 Å². The van der Waals surface area contributed by atoms with Gasteiger partial charge < -0.3 is 20.1 Å². The van der Waals surface area contributed by atoms with Crippen molar-refractivity contribution < 1.29 is 24.2 Å². The summed E-state index contributed by atoms with van der Waals surface area (Å²) in [4.78, 5) is 38.7. The van der Waals surface area contributed by atoms with Gasteiger partial charge in [0.15, 0.2) is 0 Å². The van der Waals surface area contributed by atoms with Crippen LogP contribution < -0.4 is 5.32 Å². The van der Waals surface area contributed by atoms with Crippen molar-refractivity contribution in [3.63, 3.8) is 0 Å². The van der Waals surface area contributed by atoms with Crippen LogP contribution in [0.15, 0.2) is 48.5 Å². The van der Waals surface area contributed by atoms with Gasteiger partial charge in [0.05, 0.1) is 0 Å². The molecule has 2 amide bonds. The van der Waals surface area contributed by atoms with Gasteiger partial charge in [0, 0.05) is 24.9 Å². The van der Waals surface area contributed by atoms with Crippen LogP contribution in [0.25, 0.3) is 11.1 Å². The quantitative estimate of drug-likeness (QED) is 0.676. The molecule has 2 aromatic rings. The Labute approximate surface area is 199 Å². The first-order chi connectivity index (χ1) is 16.4. The Hall–Kier alpha value is -3.35. The van der Waals surface area contributed by atoms with Crippen molar-refractivity contribution in [1.82, 2.24) is 10.2 Å². The van der Waals surface area contributed by atoms with E-state index >= 15 is 0 Å². The number of ether oxygens (including phenoxy) is 1. The third-order valence-electron chi connectivity index (χ3n) is 7.65. The maximum absolute atomic E-state index is 12.9. The van der Waals surface area contributed by atoms with Crippen molar-refractivity contribution in [2.24, 2.45) is 11.8 Å². The van der Waals surface area contributed by atoms with Gasteiger partial charge >= 0.3 is 12.1 Å². The molecule has 2 fully saturated rings. The fourth-order valence-electron chi connectivity index (χ4n) is 6.15. The zero-order valence-corrected chi connectivity index (χ0v) is 19.3. The highest BCUT2D eigenvalue weighted by Gasteiger charge is 2.49. The monoisotopic (exact) mass is 462 g/mol. The van der Waals surface area contributed by atoms with E-state index in [1.807, 2.05) is 24.3 Å². The number of rotatable bonds is 6. The molecule has 2 aliphatic carbocycles. The zero-order chi connectivity index (χ0) is 23.8. The first-order valence-electron chi connectivity index (χ1n) is 12.1. The summed E-state index contributed by atoms with van der Waals surface area (Å²) < 4.78 is 5.57. The van der Waals surface area contributed by atoms with Crippen molar-refractivity contribution in [3.8, 4) is 11.1 Å². The van der Waals surface area contributed by atoms with Crippen LogP contribution in [-0.4, -0.2) is 53.2 Å². The topological polar surface area (TPSA) is 95.9 Å². The van der Waals surface area contributed by atoms with Gasteiger partial charge in [-0.15, -0.1) is 0 Å². The largest absolute Gasteiger partial charge is 0.480 e. The lowest BCUT2D eigenvalue weighted by Gasteiger charge is -2.26. The number of carbonyl (C=O) groups is 3. The lowest BCUT2D eigenvalue weighted by atomic mass is 9.94. The van der Waals surface area contributed by atoms with Crippen LogP contribution in [0.2, 0.25) is 0 Å². The molecule has 178 valence electrons. The molecule has 0 aromatic heterocycles. The summed E-state index contributed by atoms with van der Waals surface area (Å²) in [6, 6.07) is 15.1. The Morgan fingerprint density at radius 1 is 1.06 bits per heavy atom. The summed E-state index contributed by atoms with van der Waals surface area (Å²) in [7, 11) is 0. The van der Waals surface area contributed by atoms with E-state index in [0.717, 1.165) is 41.5 Å². The molecule has 1 heterocycles. The number of likely N-dealkylation sites (tertiary alicyclic amines) is 1. The molecular weight excluding hydrogens is 432 g/mol. The van der Waals surface area contributed by atoms with Crippen molar-refractivity contribution in [2.75, 3.05) is 13.2 Å². The molecule has 7 nitrogen and oxygen atoms in total. The van der Waals surface area contributed by atoms with Crippen LogP contribution in [0, 0.1) is 11.8 Å². The maximum atomic E-state index is 12.9. The number of amides is 2. The molecule has 5 rings (SSSR count). The Morgan fingerprint density at radius 2 is 1.71 bits per heavy atom. The van der Waals surface area contributed by atoms with E-state index in [1.54, 1.807) is 6.92 Å². The van der Waals surface area contributed by atoms with Gasteiger partial charge in [-0.25, -0.2) is 9.59 Å². The van der Waals surface area contributed by atoms with Crippen LogP contribution in [-0.2, 0) is 14.3 Å². The fraction of sp³-hybridized carbons (Fsp3) is 0.444. The van der Waals surface area contributed by atoms with Gasteiger partial charge in [0.2, 0.25) is 5.91 Å². The van der Waals surface area contributed by atoms with Crippen LogP contribution in [0.5, 0.6) is 0 Å². The van der Waals surface area contributed by atoms with Gasteiger partial charge in [-0.2, -0.15) is 0 Å². The molecule has 1 saturated heterocycles. The molecule has 0 spiro atoms. The lowest BCUT2D eigenvalue weighted by Crippen LogP contribution is -2.46. The highest BCUT2D eigenvalue weighted by molar-refractivity contribution is 5.85. The average molecular weight is 463 g/mol. The van der Waals surface area contributed by atoms with Crippen LogP contribution in [0.1, 0.15) is 49.7 Å². The number of aliphatic carboxylic acids is 1. The SMILES string of the molecule is CC(CC(=O)N1CC2CCCC2C1C(=O)O)NC(=O)OCC1c2ccccc2-c2ccccc21. The van der Waals surface area contributed by atoms with E-state index in [1.165, 1.54) is 4.90 Å². The number of hydrogen-bond acceptors (Lipinski definition) is 4. The molecule has 4 unspecified atom stereocenters. The highest BCUT2D eigenvalue weighted by Crippen LogP contribution is 2.45. The Bertz CT molecular complexity index is 1070. The summed E-state index contributed by atoms with van der Waals surface area (Å²) in [6.45, 7) is 2.45. The van der Waals surface area contributed by atoms with Crippen LogP contribution in [0.3, 0.4) is 0 Å². The second-order valence-electron chi connectivity index (χ2n) is 9.76. The number of fused-ring (bicyclic) bond motifs is 4. The van der Waals surface area contributed by atoms with E-state index in [9.17, 15) is 19.5 Å². The average Bonchev–Trinajstić information content (AvgIpc) is 3.49. The Morgan fingerprint density at radius 3 is 2.35 bits per heavy atom. The Balaban J connectivity index is 1.17. The molecule has 0 radical (unpaired) electrons. The molecule has 1 aliphatic heterocycles. The minimum absolute atomic E-state index is 0.0320. The molecule has 0 bridgehead atoms. The highest BCUT2D eigenvalue weighted by atomic mass is 16.5. The van der Waals surface area contributed by atoms with Gasteiger partial charge in [-0.1, -0.05) is 55.0 Å². The predicted octanol–water partition coefficient (Wildman–Crippen LogP) is 4.02. The second kappa shape index (κ2) is 9.12. The molecule has 2 aromatic carbocycles. The number of hydrogen-bond donors (Lipinski definition) is 2. The summed E-state index contributed by atoms with van der Waals surface area (Å²) in [6.07, 6.45) is 2.34. The van der Waals surface area contributed by atoms with E-state index < -0.39 is 24.1 Å². The summed E-state index contributed by atoms with van der Waals surface area (Å²) in [5.74, 6) is -0.870. The van der Waals surface area contributed by atoms with Crippen molar-refractivity contribution in [3.05, 3.63) is 59.7 Å². The fourth-order valence-corrected chi connectivity index (χ4v) is 6.15. The third kappa shape index (κ3) is 4.04. The first-order valence-corrected chi connectivity index (χ1v) is 12.1.